The Balaban J connectivity index is 1.59. The number of carbonyl (C=O) groups is 1. The maximum absolute atomic E-state index is 14.9. The zero-order valence-corrected chi connectivity index (χ0v) is 19.9. The molecule has 3 aliphatic rings. The summed E-state index contributed by atoms with van der Waals surface area (Å²) in [7, 11) is -3.27. The summed E-state index contributed by atoms with van der Waals surface area (Å²) in [6, 6.07) is 9.75. The van der Waals surface area contributed by atoms with Crippen molar-refractivity contribution >= 4 is 16.1 Å². The van der Waals surface area contributed by atoms with Gasteiger partial charge in [0.2, 0.25) is 0 Å². The van der Waals surface area contributed by atoms with Crippen LogP contribution in [0.3, 0.4) is 0 Å². The molecule has 2 amide bonds. The molecule has 188 valence electrons. The summed E-state index contributed by atoms with van der Waals surface area (Å²) in [5.74, 6) is -3.68. The highest BCUT2D eigenvalue weighted by Gasteiger charge is 2.62. The molecule has 2 atom stereocenters. The Morgan fingerprint density at radius 3 is 2.63 bits per heavy atom. The van der Waals surface area contributed by atoms with Gasteiger partial charge in [0.25, 0.3) is 10.0 Å². The van der Waals surface area contributed by atoms with E-state index >= 15 is 0 Å². The Labute approximate surface area is 201 Å². The average Bonchev–Trinajstić information content (AvgIpc) is 3.53. The molecular formula is C24H26F3N3O4S. The van der Waals surface area contributed by atoms with Crippen molar-refractivity contribution in [3.05, 3.63) is 53.8 Å². The third kappa shape index (κ3) is 4.35. The summed E-state index contributed by atoms with van der Waals surface area (Å²) in [5, 5.41) is 0. The van der Waals surface area contributed by atoms with Gasteiger partial charge in [0.1, 0.15) is 18.2 Å². The standard InChI is InChI=1S/C24H26F3N3O4S/c1-29-10-11-34-19-7-3-6-17(25)20(19)16-5-2-4-15(12-16)13-18-21(28-35(32,33)22(26)27)24(8-9-24)14-30(18)23(29)31/h2-7,12,18,21-22,28H,8-11,13-14H2,1H3/t18-,21+/m0/s1. The van der Waals surface area contributed by atoms with E-state index in [9.17, 15) is 26.4 Å². The smallest absolute Gasteiger partial charge is 0.350 e. The average molecular weight is 510 g/mol. The lowest BCUT2D eigenvalue weighted by Gasteiger charge is -2.32. The Hall–Kier alpha value is -2.79. The van der Waals surface area contributed by atoms with Crippen molar-refractivity contribution in [2.75, 3.05) is 26.7 Å². The molecule has 0 radical (unpaired) electrons. The molecular weight excluding hydrogens is 483 g/mol. The van der Waals surface area contributed by atoms with Gasteiger partial charge < -0.3 is 14.5 Å². The number of hydrogen-bond acceptors (Lipinski definition) is 4. The number of rotatable bonds is 3. The van der Waals surface area contributed by atoms with Gasteiger partial charge in [-0.15, -0.1) is 0 Å². The molecule has 2 aromatic carbocycles. The van der Waals surface area contributed by atoms with Gasteiger partial charge in [-0.3, -0.25) is 0 Å². The minimum Gasteiger partial charge on any atom is -0.491 e. The molecule has 0 unspecified atom stereocenters. The van der Waals surface area contributed by atoms with Gasteiger partial charge >= 0.3 is 11.8 Å². The molecule has 5 rings (SSSR count). The molecule has 2 aromatic rings. The molecule has 2 aliphatic heterocycles. The quantitative estimate of drug-likeness (QED) is 0.688. The van der Waals surface area contributed by atoms with Gasteiger partial charge in [-0.1, -0.05) is 30.3 Å². The monoisotopic (exact) mass is 509 g/mol. The van der Waals surface area contributed by atoms with Gasteiger partial charge in [-0.05, 0) is 42.5 Å². The maximum Gasteiger partial charge on any atom is 0.350 e. The molecule has 35 heavy (non-hydrogen) atoms. The van der Waals surface area contributed by atoms with Crippen molar-refractivity contribution in [1.82, 2.24) is 14.5 Å². The Kier molecular flexibility index (Phi) is 5.95. The molecule has 7 nitrogen and oxygen atoms in total. The van der Waals surface area contributed by atoms with Gasteiger partial charge in [0.05, 0.1) is 24.2 Å². The molecule has 1 N–H and O–H groups in total. The normalized spacial score (nSPS) is 23.7. The minimum atomic E-state index is -4.87. The van der Waals surface area contributed by atoms with Crippen molar-refractivity contribution in [3.63, 3.8) is 0 Å². The van der Waals surface area contributed by atoms with E-state index in [1.807, 2.05) is 0 Å². The van der Waals surface area contributed by atoms with Crippen LogP contribution in [0, 0.1) is 11.2 Å². The number of halogens is 3. The first-order valence-corrected chi connectivity index (χ1v) is 13.0. The van der Waals surface area contributed by atoms with Crippen molar-refractivity contribution in [2.24, 2.45) is 5.41 Å². The predicted molar refractivity (Wildman–Crippen MR) is 123 cm³/mol. The molecule has 11 heteroatoms. The van der Waals surface area contributed by atoms with E-state index in [0.717, 1.165) is 5.56 Å². The molecule has 1 saturated heterocycles. The number of nitrogens with zero attached hydrogens (tertiary/aromatic N) is 2. The van der Waals surface area contributed by atoms with Crippen LogP contribution in [-0.4, -0.2) is 68.8 Å². The van der Waals surface area contributed by atoms with Crippen molar-refractivity contribution in [2.45, 2.75) is 37.1 Å². The molecule has 1 aliphatic carbocycles. The third-order valence-electron chi connectivity index (χ3n) is 7.24. The van der Waals surface area contributed by atoms with Crippen LogP contribution in [0.5, 0.6) is 5.75 Å². The summed E-state index contributed by atoms with van der Waals surface area (Å²) in [6.45, 7) is 0.589. The highest BCUT2D eigenvalue weighted by Crippen LogP contribution is 2.56. The SMILES string of the molecule is CN1CCOc2cccc(F)c2-c2cccc(c2)C[C@H]2[C@@H](NS(=O)(=O)C(F)F)C3(CC3)CN2C1=O. The molecule has 0 aromatic heterocycles. The van der Waals surface area contributed by atoms with E-state index in [1.54, 1.807) is 48.3 Å². The number of nitrogens with one attached hydrogen (secondary N) is 1. The summed E-state index contributed by atoms with van der Waals surface area (Å²) < 4.78 is 73.8. The zero-order valence-electron chi connectivity index (χ0n) is 19.1. The van der Waals surface area contributed by atoms with Crippen LogP contribution in [0.25, 0.3) is 11.1 Å². The Morgan fingerprint density at radius 1 is 1.17 bits per heavy atom. The van der Waals surface area contributed by atoms with Crippen molar-refractivity contribution < 1.29 is 31.1 Å². The van der Waals surface area contributed by atoms with Crippen LogP contribution in [-0.2, 0) is 16.4 Å². The highest BCUT2D eigenvalue weighted by molar-refractivity contribution is 7.89. The van der Waals surface area contributed by atoms with E-state index in [0.29, 0.717) is 29.7 Å². The third-order valence-corrected chi connectivity index (χ3v) is 8.29. The van der Waals surface area contributed by atoms with Crippen LogP contribution in [0.1, 0.15) is 18.4 Å². The highest BCUT2D eigenvalue weighted by atomic mass is 32.2. The first-order chi connectivity index (χ1) is 16.6. The van der Waals surface area contributed by atoms with E-state index in [2.05, 4.69) is 4.72 Å². The molecule has 1 saturated carbocycles. The number of ether oxygens (including phenoxy) is 1. The van der Waals surface area contributed by atoms with Crippen LogP contribution >= 0.6 is 0 Å². The fourth-order valence-electron chi connectivity index (χ4n) is 5.25. The molecule has 1 spiro atoms. The number of urea groups is 1. The number of fused-ring (bicyclic) bond motifs is 5. The summed E-state index contributed by atoms with van der Waals surface area (Å²) >= 11 is 0. The lowest BCUT2D eigenvalue weighted by Crippen LogP contribution is -2.52. The van der Waals surface area contributed by atoms with E-state index < -0.39 is 39.1 Å². The summed E-state index contributed by atoms with van der Waals surface area (Å²) in [6.07, 6.45) is 1.49. The van der Waals surface area contributed by atoms with Crippen LogP contribution in [0.4, 0.5) is 18.0 Å². The number of hydrogen-bond donors (Lipinski definition) is 1. The van der Waals surface area contributed by atoms with Crippen molar-refractivity contribution in [1.29, 1.82) is 0 Å². The topological polar surface area (TPSA) is 79.0 Å². The molecule has 2 bridgehead atoms. The summed E-state index contributed by atoms with van der Waals surface area (Å²) in [5.41, 5.74) is 1.01. The van der Waals surface area contributed by atoms with Gasteiger partial charge in [-0.2, -0.15) is 8.78 Å². The van der Waals surface area contributed by atoms with E-state index in [1.165, 1.54) is 11.0 Å². The second kappa shape index (κ2) is 8.70. The van der Waals surface area contributed by atoms with E-state index in [4.69, 9.17) is 4.74 Å². The Bertz CT molecular complexity index is 1250. The first kappa shape index (κ1) is 23.9. The fourth-order valence-corrected chi connectivity index (χ4v) is 6.11. The molecule has 2 heterocycles. The predicted octanol–water partition coefficient (Wildman–Crippen LogP) is 3.45. The number of benzene rings is 2. The second-order valence-corrected chi connectivity index (χ2v) is 11.2. The number of sulfonamides is 1. The number of amides is 2. The Morgan fingerprint density at radius 2 is 1.91 bits per heavy atom. The fraction of sp³-hybridized carbons (Fsp3) is 0.458. The number of likely N-dealkylation sites (N-methyl/N-ethyl adjacent to an activating group) is 1. The molecule has 2 fully saturated rings. The number of alkyl halides is 2. The van der Waals surface area contributed by atoms with E-state index in [-0.39, 0.29) is 32.1 Å². The minimum absolute atomic E-state index is 0.115. The van der Waals surface area contributed by atoms with Crippen LogP contribution in [0.15, 0.2) is 42.5 Å². The van der Waals surface area contributed by atoms with Gasteiger partial charge in [0.15, 0.2) is 0 Å². The second-order valence-electron chi connectivity index (χ2n) is 9.53. The lowest BCUT2D eigenvalue weighted by molar-refractivity contribution is 0.146. The number of carbonyl (C=O) groups excluding carboxylic acids is 1. The van der Waals surface area contributed by atoms with Crippen molar-refractivity contribution in [3.8, 4) is 16.9 Å². The maximum atomic E-state index is 14.9. The largest absolute Gasteiger partial charge is 0.491 e. The van der Waals surface area contributed by atoms with Crippen LogP contribution in [0.2, 0.25) is 0 Å². The summed E-state index contributed by atoms with van der Waals surface area (Å²) in [4.78, 5) is 16.5. The first-order valence-electron chi connectivity index (χ1n) is 11.4. The van der Waals surface area contributed by atoms with Gasteiger partial charge in [-0.25, -0.2) is 22.3 Å². The van der Waals surface area contributed by atoms with Crippen LogP contribution < -0.4 is 9.46 Å². The lowest BCUT2D eigenvalue weighted by atomic mass is 9.91. The van der Waals surface area contributed by atoms with Gasteiger partial charge in [0, 0.05) is 19.0 Å². The zero-order chi connectivity index (χ0) is 25.0.